The molecule has 4 heterocycles. The fourth-order valence-corrected chi connectivity index (χ4v) is 6.67. The minimum absolute atomic E-state index is 0.0396. The fraction of sp³-hybridized carbons (Fsp3) is 0.303. The van der Waals surface area contributed by atoms with E-state index in [1.54, 1.807) is 36.4 Å². The molecule has 0 spiro atoms. The normalized spacial score (nSPS) is 13.9. The predicted molar refractivity (Wildman–Crippen MR) is 184 cm³/mol. The van der Waals surface area contributed by atoms with Crippen LogP contribution in [-0.2, 0) is 30.8 Å². The Kier molecular flexibility index (Phi) is 11.1. The highest BCUT2D eigenvalue weighted by molar-refractivity contribution is 7.86. The van der Waals surface area contributed by atoms with Gasteiger partial charge >= 0.3 is 6.18 Å². The number of pyridine rings is 1. The molecule has 3 aromatic heterocycles. The molecule has 0 bridgehead atoms. The number of halogens is 4. The average Bonchev–Trinajstić information content (AvgIpc) is 3.54. The molecule has 0 unspecified atom stereocenters. The highest BCUT2D eigenvalue weighted by Crippen LogP contribution is 2.28. The summed E-state index contributed by atoms with van der Waals surface area (Å²) in [5.41, 5.74) is 8.85. The largest absolute Gasteiger partial charge is 0.484 e. The molecule has 18 heteroatoms. The van der Waals surface area contributed by atoms with E-state index in [4.69, 9.17) is 31.4 Å². The summed E-state index contributed by atoms with van der Waals surface area (Å²) in [6.07, 6.45) is -2.84. The summed E-state index contributed by atoms with van der Waals surface area (Å²) in [6.45, 7) is 3.31. The van der Waals surface area contributed by atoms with Crippen LogP contribution in [-0.4, -0.2) is 87.0 Å². The summed E-state index contributed by atoms with van der Waals surface area (Å²) < 4.78 is 80.8. The first-order valence-electron chi connectivity index (χ1n) is 15.4. The van der Waals surface area contributed by atoms with Crippen molar-refractivity contribution in [2.45, 2.75) is 24.5 Å². The van der Waals surface area contributed by atoms with E-state index in [0.29, 0.717) is 55.7 Å². The molecule has 5 aromatic rings. The number of amides is 1. The number of fused-ring (bicyclic) bond motifs is 1. The van der Waals surface area contributed by atoms with Crippen LogP contribution in [0.3, 0.4) is 0 Å². The lowest BCUT2D eigenvalue weighted by Gasteiger charge is -2.34. The van der Waals surface area contributed by atoms with Crippen molar-refractivity contribution in [3.05, 3.63) is 89.0 Å². The molecule has 0 saturated carbocycles. The lowest BCUT2D eigenvalue weighted by atomic mass is 10.2. The SMILES string of the molecule is Cc1nn(C)c(Cl)c1S(=O)(=O)O.Cn1c(C(=O)N2CCN(Cc3ccc(OCC(F)(F)F)cc3)CC2)cc2ccc(Oc3ccc(N)cn3)cc21. The number of alkyl halides is 3. The quantitative estimate of drug-likeness (QED) is 0.195. The molecule has 3 N–H and O–H groups in total. The van der Waals surface area contributed by atoms with E-state index >= 15 is 0 Å². The molecule has 13 nitrogen and oxygen atoms in total. The second-order valence-corrected chi connectivity index (χ2v) is 13.5. The average molecular weight is 750 g/mol. The Hall–Kier alpha value is -4.84. The number of aromatic nitrogens is 4. The third-order valence-electron chi connectivity index (χ3n) is 7.97. The minimum atomic E-state index is -4.37. The first kappa shape index (κ1) is 37.4. The second-order valence-electron chi connectivity index (χ2n) is 11.8. The third kappa shape index (κ3) is 9.49. The van der Waals surface area contributed by atoms with Crippen LogP contribution in [0, 0.1) is 6.92 Å². The molecule has 1 saturated heterocycles. The number of nitrogens with zero attached hydrogens (tertiary/aromatic N) is 6. The van der Waals surface area contributed by atoms with E-state index in [9.17, 15) is 26.4 Å². The molecular formula is C33H35ClF3N7O6S. The van der Waals surface area contributed by atoms with Gasteiger partial charge in [0.1, 0.15) is 22.3 Å². The van der Waals surface area contributed by atoms with Gasteiger partial charge in [-0.25, -0.2) is 4.98 Å². The summed E-state index contributed by atoms with van der Waals surface area (Å²) in [5.74, 6) is 1.18. The summed E-state index contributed by atoms with van der Waals surface area (Å²) in [4.78, 5) is 21.3. The number of aryl methyl sites for hydroxylation is 3. The van der Waals surface area contributed by atoms with Crippen molar-refractivity contribution in [2.24, 2.45) is 14.1 Å². The lowest BCUT2D eigenvalue weighted by Crippen LogP contribution is -2.48. The molecule has 1 amide bonds. The number of anilines is 1. The lowest BCUT2D eigenvalue weighted by molar-refractivity contribution is -0.153. The van der Waals surface area contributed by atoms with E-state index in [0.717, 1.165) is 16.5 Å². The van der Waals surface area contributed by atoms with Crippen molar-refractivity contribution in [1.82, 2.24) is 29.1 Å². The van der Waals surface area contributed by atoms with E-state index in [2.05, 4.69) is 15.0 Å². The molecule has 1 aliphatic rings. The zero-order valence-electron chi connectivity index (χ0n) is 27.8. The Morgan fingerprint density at radius 2 is 1.67 bits per heavy atom. The Labute approximate surface area is 296 Å². The van der Waals surface area contributed by atoms with Crippen LogP contribution in [0.5, 0.6) is 17.4 Å². The van der Waals surface area contributed by atoms with Crippen LogP contribution in [0.4, 0.5) is 18.9 Å². The number of benzene rings is 2. The number of piperazine rings is 1. The van der Waals surface area contributed by atoms with Gasteiger partial charge in [-0.1, -0.05) is 23.7 Å². The molecule has 2 aromatic carbocycles. The van der Waals surface area contributed by atoms with E-state index < -0.39 is 22.9 Å². The van der Waals surface area contributed by atoms with Gasteiger partial charge in [0.2, 0.25) is 5.88 Å². The van der Waals surface area contributed by atoms with Gasteiger partial charge < -0.3 is 24.7 Å². The van der Waals surface area contributed by atoms with Crippen molar-refractivity contribution >= 4 is 44.2 Å². The molecule has 0 radical (unpaired) electrons. The molecule has 0 atom stereocenters. The van der Waals surface area contributed by atoms with Crippen LogP contribution >= 0.6 is 11.6 Å². The van der Waals surface area contributed by atoms with Crippen molar-refractivity contribution in [3.8, 4) is 17.4 Å². The Morgan fingerprint density at radius 1 is 1.00 bits per heavy atom. The van der Waals surface area contributed by atoms with Gasteiger partial charge in [-0.3, -0.25) is 18.9 Å². The summed E-state index contributed by atoms with van der Waals surface area (Å²) in [7, 11) is -0.908. The molecule has 272 valence electrons. The van der Waals surface area contributed by atoms with Gasteiger partial charge in [-0.15, -0.1) is 0 Å². The Bertz CT molecular complexity index is 2110. The van der Waals surface area contributed by atoms with Gasteiger partial charge in [-0.05, 0) is 48.9 Å². The molecule has 0 aliphatic carbocycles. The first-order valence-corrected chi connectivity index (χ1v) is 17.3. The number of ether oxygens (including phenoxy) is 2. The molecule has 1 fully saturated rings. The van der Waals surface area contributed by atoms with Gasteiger partial charge in [0.15, 0.2) is 11.5 Å². The Morgan fingerprint density at radius 3 is 2.22 bits per heavy atom. The van der Waals surface area contributed by atoms with Crippen molar-refractivity contribution in [3.63, 3.8) is 0 Å². The predicted octanol–water partition coefficient (Wildman–Crippen LogP) is 5.48. The smallest absolute Gasteiger partial charge is 0.422 e. The number of carbonyl (C=O) groups is 1. The van der Waals surface area contributed by atoms with Crippen LogP contribution in [0.25, 0.3) is 10.9 Å². The van der Waals surface area contributed by atoms with Crippen LogP contribution in [0.2, 0.25) is 5.15 Å². The Balaban J connectivity index is 0.000000357. The van der Waals surface area contributed by atoms with Crippen LogP contribution in [0.1, 0.15) is 21.7 Å². The second kappa shape index (κ2) is 15.2. The first-order chi connectivity index (χ1) is 24.0. The van der Waals surface area contributed by atoms with Crippen molar-refractivity contribution in [1.29, 1.82) is 0 Å². The van der Waals surface area contributed by atoms with E-state index in [-0.39, 0.29) is 27.4 Å². The minimum Gasteiger partial charge on any atom is -0.484 e. The van der Waals surface area contributed by atoms with Crippen molar-refractivity contribution < 1.29 is 40.4 Å². The molecule has 51 heavy (non-hydrogen) atoms. The van der Waals surface area contributed by atoms with Gasteiger partial charge in [0, 0.05) is 64.3 Å². The summed E-state index contributed by atoms with van der Waals surface area (Å²) in [6, 6.07) is 17.5. The topological polar surface area (TPSA) is 158 Å². The summed E-state index contributed by atoms with van der Waals surface area (Å²) >= 11 is 5.56. The maximum Gasteiger partial charge on any atom is 0.422 e. The highest BCUT2D eigenvalue weighted by atomic mass is 35.5. The van der Waals surface area contributed by atoms with Crippen LogP contribution < -0.4 is 15.2 Å². The maximum absolute atomic E-state index is 13.4. The van der Waals surface area contributed by atoms with Gasteiger partial charge in [0.25, 0.3) is 16.0 Å². The fourth-order valence-electron chi connectivity index (χ4n) is 5.44. The van der Waals surface area contributed by atoms with Gasteiger partial charge in [-0.2, -0.15) is 26.7 Å². The summed E-state index contributed by atoms with van der Waals surface area (Å²) in [5, 5.41) is 4.56. The molecule has 6 rings (SSSR count). The molecular weight excluding hydrogens is 715 g/mol. The van der Waals surface area contributed by atoms with Gasteiger partial charge in [0.05, 0.1) is 23.1 Å². The van der Waals surface area contributed by atoms with E-state index in [1.807, 2.05) is 40.8 Å². The number of nitrogen functional groups attached to an aromatic ring is 1. The number of nitrogens with two attached hydrogens (primary N) is 1. The van der Waals surface area contributed by atoms with Crippen LogP contribution in [0.15, 0.2) is 71.8 Å². The third-order valence-corrected chi connectivity index (χ3v) is 9.52. The zero-order chi connectivity index (χ0) is 37.1. The highest BCUT2D eigenvalue weighted by Gasteiger charge is 2.29. The van der Waals surface area contributed by atoms with Crippen molar-refractivity contribution in [2.75, 3.05) is 38.5 Å². The monoisotopic (exact) mass is 749 g/mol. The van der Waals surface area contributed by atoms with E-state index in [1.165, 1.54) is 24.9 Å². The number of hydrogen-bond acceptors (Lipinski definition) is 9. The number of rotatable bonds is 8. The number of hydrogen-bond donors (Lipinski definition) is 2. The molecule has 1 aliphatic heterocycles. The zero-order valence-corrected chi connectivity index (χ0v) is 29.3. The number of carbonyl (C=O) groups excluding carboxylic acids is 1. The maximum atomic E-state index is 13.4. The standard InChI is InChI=1S/C28H28F3N5O3.C5H7ClN2O3S/c1-34-24-15-23(39-26-9-5-21(32)16-33-26)8-4-20(24)14-25(34)27(37)36-12-10-35(11-13-36)17-19-2-6-22(7-3-19)38-18-28(29,30)31;1-3-4(12(9,10)11)5(6)8(2)7-3/h2-9,14-16H,10-13,17-18,32H2,1H3;1-2H3,(H,9,10,11).